The van der Waals surface area contributed by atoms with Crippen LogP contribution >= 0.6 is 11.3 Å². The van der Waals surface area contributed by atoms with Crippen LogP contribution in [0.5, 0.6) is 0 Å². The Morgan fingerprint density at radius 2 is 2.25 bits per heavy atom. The zero-order chi connectivity index (χ0) is 11.5. The summed E-state index contributed by atoms with van der Waals surface area (Å²) in [4.78, 5) is 27.2. The van der Waals surface area contributed by atoms with Gasteiger partial charge in [-0.2, -0.15) is 0 Å². The lowest BCUT2D eigenvalue weighted by Crippen LogP contribution is -2.29. The van der Waals surface area contributed by atoms with Gasteiger partial charge in [0.25, 0.3) is 0 Å². The zero-order valence-corrected chi connectivity index (χ0v) is 9.40. The van der Waals surface area contributed by atoms with Crippen molar-refractivity contribution in [2.45, 2.75) is 25.7 Å². The number of thiazole rings is 1. The number of hydrogen-bond acceptors (Lipinski definition) is 5. The zero-order valence-electron chi connectivity index (χ0n) is 8.59. The summed E-state index contributed by atoms with van der Waals surface area (Å²) in [6, 6.07) is 0. The highest BCUT2D eigenvalue weighted by Crippen LogP contribution is 2.30. The summed E-state index contributed by atoms with van der Waals surface area (Å²) < 4.78 is 0. The first-order chi connectivity index (χ1) is 7.68. The maximum atomic E-state index is 11.7. The maximum Gasteiger partial charge on any atom is 0.345 e. The topological polar surface area (TPSA) is 76.3 Å². The minimum absolute atomic E-state index is 0.0155. The van der Waals surface area contributed by atoms with Crippen LogP contribution in [0.15, 0.2) is 6.20 Å². The molecule has 1 saturated heterocycles. The number of nitro groups is 1. The molecule has 1 fully saturated rings. The number of nitrogens with zero attached hydrogens (tertiary/aromatic N) is 3. The van der Waals surface area contributed by atoms with Gasteiger partial charge in [-0.3, -0.25) is 19.8 Å². The molecule has 0 atom stereocenters. The Morgan fingerprint density at radius 1 is 1.44 bits per heavy atom. The number of rotatable bonds is 2. The van der Waals surface area contributed by atoms with Crippen molar-refractivity contribution in [3.05, 3.63) is 16.3 Å². The Hall–Kier alpha value is -1.50. The van der Waals surface area contributed by atoms with E-state index >= 15 is 0 Å². The Kier molecular flexibility index (Phi) is 3.14. The third-order valence-electron chi connectivity index (χ3n) is 2.47. The van der Waals surface area contributed by atoms with Crippen molar-refractivity contribution in [2.75, 3.05) is 11.4 Å². The average molecular weight is 241 g/mol. The summed E-state index contributed by atoms with van der Waals surface area (Å²) >= 11 is 0.955. The lowest BCUT2D eigenvalue weighted by Gasteiger charge is -2.15. The largest absolute Gasteiger partial charge is 0.345 e. The molecule has 2 heterocycles. The smallest absolute Gasteiger partial charge is 0.288 e. The molecular weight excluding hydrogens is 230 g/mol. The minimum Gasteiger partial charge on any atom is -0.288 e. The molecule has 0 radical (unpaired) electrons. The lowest BCUT2D eigenvalue weighted by molar-refractivity contribution is -0.380. The minimum atomic E-state index is -0.483. The molecular formula is C9H11N3O3S. The van der Waals surface area contributed by atoms with Gasteiger partial charge in [-0.15, -0.1) is 0 Å². The van der Waals surface area contributed by atoms with Crippen LogP contribution in [0.2, 0.25) is 0 Å². The standard InChI is InChI=1S/C9H11N3O3S/c13-7-4-2-1-3-5-11(7)9-10-6-8(16-9)12(14)15/h6H,1-5H2. The molecule has 0 spiro atoms. The van der Waals surface area contributed by atoms with Gasteiger partial charge >= 0.3 is 5.00 Å². The number of amides is 1. The number of carbonyl (C=O) groups excluding carboxylic acids is 1. The molecule has 0 aliphatic carbocycles. The number of carbonyl (C=O) groups is 1. The highest BCUT2D eigenvalue weighted by Gasteiger charge is 2.23. The van der Waals surface area contributed by atoms with Gasteiger partial charge < -0.3 is 0 Å². The van der Waals surface area contributed by atoms with Gasteiger partial charge in [0.2, 0.25) is 5.91 Å². The van der Waals surface area contributed by atoms with Crippen molar-refractivity contribution in [2.24, 2.45) is 0 Å². The van der Waals surface area contributed by atoms with Crippen molar-refractivity contribution in [1.29, 1.82) is 0 Å². The molecule has 0 N–H and O–H groups in total. The fourth-order valence-corrected chi connectivity index (χ4v) is 2.43. The van der Waals surface area contributed by atoms with Gasteiger partial charge in [0.05, 0.1) is 4.92 Å². The molecule has 16 heavy (non-hydrogen) atoms. The highest BCUT2D eigenvalue weighted by atomic mass is 32.1. The molecule has 6 nitrogen and oxygen atoms in total. The number of aromatic nitrogens is 1. The Bertz CT molecular complexity index is 418. The van der Waals surface area contributed by atoms with Crippen LogP contribution < -0.4 is 4.90 Å². The summed E-state index contributed by atoms with van der Waals surface area (Å²) in [5.41, 5.74) is 0. The van der Waals surface area contributed by atoms with Crippen molar-refractivity contribution < 1.29 is 9.72 Å². The monoisotopic (exact) mass is 241 g/mol. The van der Waals surface area contributed by atoms with Crippen LogP contribution in [0.25, 0.3) is 0 Å². The van der Waals surface area contributed by atoms with E-state index in [1.807, 2.05) is 0 Å². The van der Waals surface area contributed by atoms with E-state index in [-0.39, 0.29) is 10.9 Å². The number of hydrogen-bond donors (Lipinski definition) is 0. The molecule has 0 bridgehead atoms. The normalized spacial score (nSPS) is 17.2. The SMILES string of the molecule is O=C1CCCCCN1c1ncc([N+](=O)[O-])s1. The van der Waals surface area contributed by atoms with Gasteiger partial charge in [0.1, 0.15) is 6.20 Å². The molecule has 86 valence electrons. The van der Waals surface area contributed by atoms with E-state index in [0.717, 1.165) is 30.6 Å². The van der Waals surface area contributed by atoms with Gasteiger partial charge in [-0.05, 0) is 24.2 Å². The van der Waals surface area contributed by atoms with Crippen LogP contribution in [0.1, 0.15) is 25.7 Å². The van der Waals surface area contributed by atoms with E-state index in [1.165, 1.54) is 6.20 Å². The van der Waals surface area contributed by atoms with Crippen molar-refractivity contribution in [3.8, 4) is 0 Å². The van der Waals surface area contributed by atoms with E-state index in [1.54, 1.807) is 4.90 Å². The third kappa shape index (κ3) is 2.19. The molecule has 1 aromatic heterocycles. The molecule has 1 aliphatic rings. The van der Waals surface area contributed by atoms with Crippen LogP contribution in [0.4, 0.5) is 10.1 Å². The Balaban J connectivity index is 2.20. The Labute approximate surface area is 96.0 Å². The van der Waals surface area contributed by atoms with Crippen LogP contribution in [0, 0.1) is 10.1 Å². The number of anilines is 1. The first kappa shape index (κ1) is 11.0. The maximum absolute atomic E-state index is 11.7. The molecule has 1 aliphatic heterocycles. The van der Waals surface area contributed by atoms with Gasteiger partial charge in [-0.25, -0.2) is 4.98 Å². The van der Waals surface area contributed by atoms with E-state index in [4.69, 9.17) is 0 Å². The molecule has 1 aromatic rings. The average Bonchev–Trinajstić information content (AvgIpc) is 2.63. The van der Waals surface area contributed by atoms with Gasteiger partial charge in [-0.1, -0.05) is 6.42 Å². The quantitative estimate of drug-likeness (QED) is 0.585. The van der Waals surface area contributed by atoms with Crippen molar-refractivity contribution >= 4 is 27.4 Å². The van der Waals surface area contributed by atoms with E-state index in [0.29, 0.717) is 18.1 Å². The fourth-order valence-electron chi connectivity index (χ4n) is 1.65. The van der Waals surface area contributed by atoms with Gasteiger partial charge in [0, 0.05) is 13.0 Å². The Morgan fingerprint density at radius 3 is 2.94 bits per heavy atom. The molecule has 2 rings (SSSR count). The van der Waals surface area contributed by atoms with E-state index < -0.39 is 4.92 Å². The fraction of sp³-hybridized carbons (Fsp3) is 0.556. The molecule has 1 amide bonds. The van der Waals surface area contributed by atoms with Crippen LogP contribution in [-0.2, 0) is 4.79 Å². The summed E-state index contributed by atoms with van der Waals surface area (Å²) in [7, 11) is 0. The highest BCUT2D eigenvalue weighted by molar-refractivity contribution is 7.18. The molecule has 0 unspecified atom stereocenters. The summed E-state index contributed by atoms with van der Waals surface area (Å²) in [5, 5.41) is 10.9. The third-order valence-corrected chi connectivity index (χ3v) is 3.44. The summed E-state index contributed by atoms with van der Waals surface area (Å²) in [6.45, 7) is 0.615. The predicted molar refractivity (Wildman–Crippen MR) is 59.6 cm³/mol. The first-order valence-electron chi connectivity index (χ1n) is 5.09. The molecule has 0 aromatic carbocycles. The predicted octanol–water partition coefficient (Wildman–Crippen LogP) is 1.96. The van der Waals surface area contributed by atoms with Crippen molar-refractivity contribution in [3.63, 3.8) is 0 Å². The summed E-state index contributed by atoms with van der Waals surface area (Å²) in [5.74, 6) is 0.0155. The van der Waals surface area contributed by atoms with Crippen LogP contribution in [0.3, 0.4) is 0 Å². The molecule has 7 heteroatoms. The lowest BCUT2D eigenvalue weighted by atomic mass is 10.2. The molecule has 0 saturated carbocycles. The van der Waals surface area contributed by atoms with Crippen LogP contribution in [-0.4, -0.2) is 22.4 Å². The second-order valence-electron chi connectivity index (χ2n) is 3.59. The van der Waals surface area contributed by atoms with E-state index in [9.17, 15) is 14.9 Å². The summed E-state index contributed by atoms with van der Waals surface area (Å²) in [6.07, 6.45) is 4.56. The second-order valence-corrected chi connectivity index (χ2v) is 4.58. The van der Waals surface area contributed by atoms with Gasteiger partial charge in [0.15, 0.2) is 5.13 Å². The second kappa shape index (κ2) is 4.56. The first-order valence-corrected chi connectivity index (χ1v) is 5.91. The van der Waals surface area contributed by atoms with Crippen molar-refractivity contribution in [1.82, 2.24) is 4.98 Å². The van der Waals surface area contributed by atoms with E-state index in [2.05, 4.69) is 4.98 Å².